The first-order chi connectivity index (χ1) is 16.2. The molecule has 0 spiro atoms. The molecule has 0 unspecified atom stereocenters. The van der Waals surface area contributed by atoms with Crippen molar-refractivity contribution in [1.29, 1.82) is 0 Å². The van der Waals surface area contributed by atoms with Gasteiger partial charge in [-0.1, -0.05) is 61.9 Å². The van der Waals surface area contributed by atoms with Crippen LogP contribution in [0.15, 0.2) is 72.8 Å². The van der Waals surface area contributed by atoms with E-state index in [4.69, 9.17) is 14.5 Å². The molecule has 1 N–H and O–H groups in total. The number of nitrogens with zero attached hydrogens (tertiary/aromatic N) is 2. The summed E-state index contributed by atoms with van der Waals surface area (Å²) in [6.07, 6.45) is 2.29. The van der Waals surface area contributed by atoms with Crippen LogP contribution in [0.25, 0.3) is 11.0 Å². The lowest BCUT2D eigenvalue weighted by Gasteiger charge is -2.21. The summed E-state index contributed by atoms with van der Waals surface area (Å²) >= 11 is 0. The van der Waals surface area contributed by atoms with Crippen molar-refractivity contribution in [3.63, 3.8) is 0 Å². The van der Waals surface area contributed by atoms with E-state index in [1.165, 1.54) is 5.56 Å². The van der Waals surface area contributed by atoms with Gasteiger partial charge in [0.1, 0.15) is 11.9 Å². The number of carbonyl (C=O) groups is 1. The molecule has 33 heavy (non-hydrogen) atoms. The molecular formula is C27H27N3O3. The van der Waals surface area contributed by atoms with Gasteiger partial charge in [0.25, 0.3) is 0 Å². The third-order valence-electron chi connectivity index (χ3n) is 5.95. The molecule has 6 heteroatoms. The van der Waals surface area contributed by atoms with E-state index in [2.05, 4.69) is 28.9 Å². The van der Waals surface area contributed by atoms with Gasteiger partial charge in [-0.2, -0.15) is 0 Å². The summed E-state index contributed by atoms with van der Waals surface area (Å²) in [5.74, 6) is 2.35. The van der Waals surface area contributed by atoms with Crippen molar-refractivity contribution in [1.82, 2.24) is 14.9 Å². The molecule has 4 aromatic rings. The Labute approximate surface area is 193 Å². The number of ether oxygens (including phenoxy) is 2. The molecule has 3 aromatic carbocycles. The predicted octanol–water partition coefficient (Wildman–Crippen LogP) is 5.01. The van der Waals surface area contributed by atoms with E-state index in [9.17, 15) is 4.79 Å². The third-order valence-corrected chi connectivity index (χ3v) is 5.95. The maximum Gasteiger partial charge on any atom is 0.243 e. The molecule has 1 aliphatic rings. The van der Waals surface area contributed by atoms with Gasteiger partial charge in [0.15, 0.2) is 11.5 Å². The summed E-state index contributed by atoms with van der Waals surface area (Å²) < 4.78 is 13.0. The predicted molar refractivity (Wildman–Crippen MR) is 127 cm³/mol. The van der Waals surface area contributed by atoms with Crippen LogP contribution in [0, 0.1) is 0 Å². The maximum absolute atomic E-state index is 13.5. The lowest BCUT2D eigenvalue weighted by molar-refractivity contribution is -0.124. The molecule has 0 radical (unpaired) electrons. The monoisotopic (exact) mass is 441 g/mol. The first-order valence-corrected chi connectivity index (χ1v) is 11.4. The molecule has 1 aromatic heterocycles. The van der Waals surface area contributed by atoms with Crippen molar-refractivity contribution in [3.8, 4) is 11.5 Å². The molecule has 1 atom stereocenters. The van der Waals surface area contributed by atoms with Gasteiger partial charge in [-0.3, -0.25) is 4.79 Å². The van der Waals surface area contributed by atoms with Crippen LogP contribution in [0.5, 0.6) is 11.5 Å². The molecule has 0 aliphatic carbocycles. The van der Waals surface area contributed by atoms with Crippen LogP contribution < -0.4 is 14.8 Å². The van der Waals surface area contributed by atoms with Gasteiger partial charge < -0.3 is 19.4 Å². The van der Waals surface area contributed by atoms with Gasteiger partial charge >= 0.3 is 0 Å². The lowest BCUT2D eigenvalue weighted by Crippen LogP contribution is -2.33. The van der Waals surface area contributed by atoms with Gasteiger partial charge in [0.05, 0.1) is 11.0 Å². The van der Waals surface area contributed by atoms with Crippen molar-refractivity contribution in [2.75, 3.05) is 6.79 Å². The molecule has 1 amide bonds. The molecular weight excluding hydrogens is 414 g/mol. The minimum Gasteiger partial charge on any atom is -0.454 e. The molecule has 5 rings (SSSR count). The second-order valence-electron chi connectivity index (χ2n) is 8.26. The second kappa shape index (κ2) is 9.36. The van der Waals surface area contributed by atoms with Gasteiger partial charge in [-0.25, -0.2) is 4.98 Å². The van der Waals surface area contributed by atoms with Crippen LogP contribution in [0.3, 0.4) is 0 Å². The number of rotatable bonds is 8. The number of aromatic nitrogens is 2. The van der Waals surface area contributed by atoms with E-state index >= 15 is 0 Å². The molecule has 6 nitrogen and oxygen atoms in total. The van der Waals surface area contributed by atoms with E-state index in [0.717, 1.165) is 46.8 Å². The Kier molecular flexibility index (Phi) is 5.98. The van der Waals surface area contributed by atoms with Crippen molar-refractivity contribution < 1.29 is 14.3 Å². The second-order valence-corrected chi connectivity index (χ2v) is 8.26. The van der Waals surface area contributed by atoms with E-state index in [1.54, 1.807) is 0 Å². The third kappa shape index (κ3) is 4.42. The fraction of sp³-hybridized carbons (Fsp3) is 0.259. The number of hydrogen-bond donors (Lipinski definition) is 1. The molecule has 168 valence electrons. The molecule has 0 fully saturated rings. The Morgan fingerprint density at radius 2 is 1.79 bits per heavy atom. The van der Waals surface area contributed by atoms with E-state index in [-0.39, 0.29) is 18.7 Å². The first kappa shape index (κ1) is 21.1. The Morgan fingerprint density at radius 1 is 1.00 bits per heavy atom. The van der Waals surface area contributed by atoms with Gasteiger partial charge in [0.2, 0.25) is 12.7 Å². The zero-order chi connectivity index (χ0) is 22.6. The average molecular weight is 442 g/mol. The van der Waals surface area contributed by atoms with Gasteiger partial charge in [-0.05, 0) is 41.8 Å². The highest BCUT2D eigenvalue weighted by atomic mass is 16.7. The largest absolute Gasteiger partial charge is 0.454 e. The summed E-state index contributed by atoms with van der Waals surface area (Å²) in [6, 6.07) is 23.7. The van der Waals surface area contributed by atoms with E-state index in [0.29, 0.717) is 13.0 Å². The molecule has 0 saturated carbocycles. The Morgan fingerprint density at radius 3 is 2.64 bits per heavy atom. The molecule has 0 saturated heterocycles. The summed E-state index contributed by atoms with van der Waals surface area (Å²) in [5, 5.41) is 3.14. The van der Waals surface area contributed by atoms with Crippen molar-refractivity contribution in [3.05, 3.63) is 89.7 Å². The van der Waals surface area contributed by atoms with Crippen LogP contribution >= 0.6 is 0 Å². The summed E-state index contributed by atoms with van der Waals surface area (Å²) in [7, 11) is 0. The minimum atomic E-state index is -0.338. The number of imidazole rings is 1. The number of fused-ring (bicyclic) bond motifs is 2. The van der Waals surface area contributed by atoms with E-state index < -0.39 is 0 Å². The average Bonchev–Trinajstić information content (AvgIpc) is 3.45. The number of hydrogen-bond acceptors (Lipinski definition) is 4. The zero-order valence-electron chi connectivity index (χ0n) is 18.7. The fourth-order valence-corrected chi connectivity index (χ4v) is 4.35. The number of amides is 1. The summed E-state index contributed by atoms with van der Waals surface area (Å²) in [6.45, 7) is 2.77. The standard InChI is InChI=1S/C27H27N3O3/c1-2-8-23(27(31)28-17-20-13-14-24-25(15-20)33-18-32-24)30-22-12-7-6-11-21(22)29-26(30)16-19-9-4-3-5-10-19/h3-7,9-15,23H,2,8,16-18H2,1H3,(H,28,31)/t23-/m0/s1. The van der Waals surface area contributed by atoms with Crippen LogP contribution in [0.4, 0.5) is 0 Å². The smallest absolute Gasteiger partial charge is 0.243 e. The Hall–Kier alpha value is -3.80. The highest BCUT2D eigenvalue weighted by molar-refractivity contribution is 5.84. The number of carbonyl (C=O) groups excluding carboxylic acids is 1. The van der Waals surface area contributed by atoms with Gasteiger partial charge in [-0.15, -0.1) is 0 Å². The highest BCUT2D eigenvalue weighted by Gasteiger charge is 2.25. The zero-order valence-corrected chi connectivity index (χ0v) is 18.7. The molecule has 0 bridgehead atoms. The lowest BCUT2D eigenvalue weighted by atomic mass is 10.1. The molecule has 1 aliphatic heterocycles. The quantitative estimate of drug-likeness (QED) is 0.417. The van der Waals surface area contributed by atoms with Crippen molar-refractivity contribution >= 4 is 16.9 Å². The fourth-order valence-electron chi connectivity index (χ4n) is 4.35. The number of benzene rings is 3. The van der Waals surface area contributed by atoms with Gasteiger partial charge in [0, 0.05) is 13.0 Å². The van der Waals surface area contributed by atoms with Crippen LogP contribution in [-0.4, -0.2) is 22.3 Å². The summed E-state index contributed by atoms with van der Waals surface area (Å²) in [4.78, 5) is 18.4. The number of para-hydroxylation sites is 2. The Balaban J connectivity index is 1.43. The topological polar surface area (TPSA) is 65.4 Å². The van der Waals surface area contributed by atoms with Crippen LogP contribution in [0.1, 0.15) is 42.8 Å². The van der Waals surface area contributed by atoms with Crippen LogP contribution in [0.2, 0.25) is 0 Å². The van der Waals surface area contributed by atoms with Crippen molar-refractivity contribution in [2.24, 2.45) is 0 Å². The Bertz CT molecular complexity index is 1270. The van der Waals surface area contributed by atoms with Crippen LogP contribution in [-0.2, 0) is 17.8 Å². The SMILES string of the molecule is CCC[C@@H](C(=O)NCc1ccc2c(c1)OCO2)n1c(Cc2ccccc2)nc2ccccc21. The highest BCUT2D eigenvalue weighted by Crippen LogP contribution is 2.32. The maximum atomic E-state index is 13.5. The summed E-state index contributed by atoms with van der Waals surface area (Å²) in [5.41, 5.74) is 4.04. The first-order valence-electron chi connectivity index (χ1n) is 11.4. The number of nitrogens with one attached hydrogen (secondary N) is 1. The minimum absolute atomic E-state index is 0.00742. The normalized spacial score (nSPS) is 13.2. The van der Waals surface area contributed by atoms with Crippen molar-refractivity contribution in [2.45, 2.75) is 38.8 Å². The van der Waals surface area contributed by atoms with E-state index in [1.807, 2.05) is 60.7 Å². The molecule has 2 heterocycles.